The van der Waals surface area contributed by atoms with Crippen LogP contribution in [0.1, 0.15) is 26.7 Å². The second-order valence-corrected chi connectivity index (χ2v) is 4.42. The van der Waals surface area contributed by atoms with Gasteiger partial charge < -0.3 is 11.1 Å². The molecule has 118 valence electrons. The zero-order chi connectivity index (χ0) is 16.7. The molecule has 0 radical (unpaired) electrons. The second kappa shape index (κ2) is 5.16. The number of amides is 2. The fourth-order valence-electron chi connectivity index (χ4n) is 1.79. The Morgan fingerprint density at radius 3 is 2.41 bits per heavy atom. The maximum atomic E-state index is 12.7. The fourth-order valence-corrected chi connectivity index (χ4v) is 1.79. The lowest BCUT2D eigenvalue weighted by molar-refractivity contribution is -0.143. The van der Waals surface area contributed by atoms with Crippen molar-refractivity contribution in [2.75, 3.05) is 5.32 Å². The highest BCUT2D eigenvalue weighted by atomic mass is 19.4. The van der Waals surface area contributed by atoms with E-state index >= 15 is 0 Å². The standard InChI is InChI=1S/C11H11F3N6O2/c1-19-4-6(8(18-19)9(15)21)16-10(22)5-3-7(11(12,13)14)20(2)17-5/h3-4H,1-2H3,(H2,15,21)(H,16,22). The summed E-state index contributed by atoms with van der Waals surface area (Å²) in [6.07, 6.45) is -3.33. The number of hydrogen-bond donors (Lipinski definition) is 2. The van der Waals surface area contributed by atoms with E-state index in [0.717, 1.165) is 7.05 Å². The van der Waals surface area contributed by atoms with Crippen LogP contribution >= 0.6 is 0 Å². The summed E-state index contributed by atoms with van der Waals surface area (Å²) in [5.74, 6) is -1.80. The van der Waals surface area contributed by atoms with Crippen LogP contribution in [0.25, 0.3) is 0 Å². The molecule has 2 aromatic heterocycles. The Morgan fingerprint density at radius 2 is 1.91 bits per heavy atom. The highest BCUT2D eigenvalue weighted by molar-refractivity contribution is 6.07. The highest BCUT2D eigenvalue weighted by Crippen LogP contribution is 2.29. The molecule has 22 heavy (non-hydrogen) atoms. The summed E-state index contributed by atoms with van der Waals surface area (Å²) in [6.45, 7) is 0. The number of aromatic nitrogens is 4. The molecular formula is C11H11F3N6O2. The van der Waals surface area contributed by atoms with Gasteiger partial charge in [-0.2, -0.15) is 23.4 Å². The van der Waals surface area contributed by atoms with Crippen LogP contribution in [0.4, 0.5) is 18.9 Å². The van der Waals surface area contributed by atoms with Gasteiger partial charge in [0, 0.05) is 26.4 Å². The van der Waals surface area contributed by atoms with Crippen LogP contribution in [0.3, 0.4) is 0 Å². The third-order valence-electron chi connectivity index (χ3n) is 2.71. The summed E-state index contributed by atoms with van der Waals surface area (Å²) < 4.78 is 39.8. The number of nitrogens with zero attached hydrogens (tertiary/aromatic N) is 4. The van der Waals surface area contributed by atoms with E-state index in [4.69, 9.17) is 5.73 Å². The van der Waals surface area contributed by atoms with Gasteiger partial charge in [-0.05, 0) is 0 Å². The normalized spacial score (nSPS) is 11.5. The van der Waals surface area contributed by atoms with Gasteiger partial charge in [-0.15, -0.1) is 0 Å². The maximum Gasteiger partial charge on any atom is 0.433 e. The molecule has 3 N–H and O–H groups in total. The average molecular weight is 316 g/mol. The van der Waals surface area contributed by atoms with Crippen molar-refractivity contribution in [3.8, 4) is 0 Å². The van der Waals surface area contributed by atoms with Gasteiger partial charge in [0.25, 0.3) is 11.8 Å². The average Bonchev–Trinajstić information content (AvgIpc) is 2.92. The molecule has 0 spiro atoms. The monoisotopic (exact) mass is 316 g/mol. The first kappa shape index (κ1) is 15.5. The van der Waals surface area contributed by atoms with Crippen molar-refractivity contribution < 1.29 is 22.8 Å². The number of nitrogens with two attached hydrogens (primary N) is 1. The SMILES string of the molecule is Cn1cc(NC(=O)c2cc(C(F)(F)F)n(C)n2)c(C(N)=O)n1. The Hall–Kier alpha value is -2.85. The summed E-state index contributed by atoms with van der Waals surface area (Å²) >= 11 is 0. The molecule has 0 saturated carbocycles. The number of nitrogens with one attached hydrogen (secondary N) is 1. The van der Waals surface area contributed by atoms with Crippen molar-refractivity contribution in [2.24, 2.45) is 19.8 Å². The van der Waals surface area contributed by atoms with E-state index in [1.165, 1.54) is 17.9 Å². The molecule has 2 rings (SSSR count). The van der Waals surface area contributed by atoms with E-state index in [1.54, 1.807) is 0 Å². The quantitative estimate of drug-likeness (QED) is 0.860. The first-order valence-corrected chi connectivity index (χ1v) is 5.85. The van der Waals surface area contributed by atoms with Crippen molar-refractivity contribution >= 4 is 17.5 Å². The molecule has 0 unspecified atom stereocenters. The second-order valence-electron chi connectivity index (χ2n) is 4.42. The van der Waals surface area contributed by atoms with Crippen molar-refractivity contribution in [1.82, 2.24) is 19.6 Å². The van der Waals surface area contributed by atoms with Crippen LogP contribution in [0.5, 0.6) is 0 Å². The molecule has 8 nitrogen and oxygen atoms in total. The Bertz CT molecular complexity index is 746. The third-order valence-corrected chi connectivity index (χ3v) is 2.71. The van der Waals surface area contributed by atoms with E-state index in [1.807, 2.05) is 0 Å². The number of anilines is 1. The summed E-state index contributed by atoms with van der Waals surface area (Å²) in [5.41, 5.74) is 3.35. The maximum absolute atomic E-state index is 12.7. The summed E-state index contributed by atoms with van der Waals surface area (Å²) in [5, 5.41) is 9.49. The minimum atomic E-state index is -4.63. The van der Waals surface area contributed by atoms with Crippen LogP contribution in [0.2, 0.25) is 0 Å². The van der Waals surface area contributed by atoms with Crippen LogP contribution in [-0.2, 0) is 20.3 Å². The molecule has 0 bridgehead atoms. The molecule has 0 aliphatic carbocycles. The van der Waals surface area contributed by atoms with E-state index in [2.05, 4.69) is 15.5 Å². The number of carbonyl (C=O) groups excluding carboxylic acids is 2. The summed E-state index contributed by atoms with van der Waals surface area (Å²) in [7, 11) is 2.56. The Balaban J connectivity index is 2.29. The van der Waals surface area contributed by atoms with Crippen molar-refractivity contribution in [3.05, 3.63) is 29.3 Å². The fraction of sp³-hybridized carbons (Fsp3) is 0.273. The molecule has 2 heterocycles. The zero-order valence-electron chi connectivity index (χ0n) is 11.5. The third kappa shape index (κ3) is 2.92. The number of rotatable bonds is 3. The molecular weight excluding hydrogens is 305 g/mol. The number of carbonyl (C=O) groups is 2. The molecule has 0 aliphatic heterocycles. The number of primary amides is 1. The molecule has 0 aliphatic rings. The number of halogens is 3. The lowest BCUT2D eigenvalue weighted by atomic mass is 10.3. The molecule has 0 aromatic carbocycles. The number of hydrogen-bond acceptors (Lipinski definition) is 4. The molecule has 0 atom stereocenters. The van der Waals surface area contributed by atoms with Crippen molar-refractivity contribution in [2.45, 2.75) is 6.18 Å². The number of alkyl halides is 3. The van der Waals surface area contributed by atoms with Gasteiger partial charge in [0.2, 0.25) is 0 Å². The molecule has 0 saturated heterocycles. The van der Waals surface area contributed by atoms with E-state index in [9.17, 15) is 22.8 Å². The summed E-state index contributed by atoms with van der Waals surface area (Å²) in [6, 6.07) is 0.607. The highest BCUT2D eigenvalue weighted by Gasteiger charge is 2.35. The Morgan fingerprint density at radius 1 is 1.27 bits per heavy atom. The predicted octanol–water partition coefficient (Wildman–Crippen LogP) is 0.524. The van der Waals surface area contributed by atoms with Gasteiger partial charge >= 0.3 is 6.18 Å². The smallest absolute Gasteiger partial charge is 0.364 e. The van der Waals surface area contributed by atoms with Gasteiger partial charge in [-0.25, -0.2) is 0 Å². The lowest BCUT2D eigenvalue weighted by Gasteiger charge is -2.04. The van der Waals surface area contributed by atoms with E-state index in [-0.39, 0.29) is 11.4 Å². The van der Waals surface area contributed by atoms with E-state index < -0.39 is 29.4 Å². The zero-order valence-corrected chi connectivity index (χ0v) is 11.5. The Labute approximate surface area is 121 Å². The number of aryl methyl sites for hydroxylation is 2. The molecule has 2 aromatic rings. The summed E-state index contributed by atoms with van der Waals surface area (Å²) in [4.78, 5) is 23.1. The van der Waals surface area contributed by atoms with Gasteiger partial charge in [0.15, 0.2) is 11.4 Å². The minimum absolute atomic E-state index is 0.0146. The van der Waals surface area contributed by atoms with E-state index in [0.29, 0.717) is 10.7 Å². The van der Waals surface area contributed by atoms with Gasteiger partial charge in [0.1, 0.15) is 5.69 Å². The lowest BCUT2D eigenvalue weighted by Crippen LogP contribution is -2.18. The van der Waals surface area contributed by atoms with Gasteiger partial charge in [-0.3, -0.25) is 19.0 Å². The first-order valence-electron chi connectivity index (χ1n) is 5.85. The van der Waals surface area contributed by atoms with Crippen LogP contribution in [0, 0.1) is 0 Å². The van der Waals surface area contributed by atoms with Gasteiger partial charge in [0.05, 0.1) is 5.69 Å². The van der Waals surface area contributed by atoms with Crippen LogP contribution in [0.15, 0.2) is 12.3 Å². The molecule has 0 fully saturated rings. The van der Waals surface area contributed by atoms with Crippen LogP contribution < -0.4 is 11.1 Å². The van der Waals surface area contributed by atoms with Crippen molar-refractivity contribution in [1.29, 1.82) is 0 Å². The largest absolute Gasteiger partial charge is 0.433 e. The van der Waals surface area contributed by atoms with Crippen LogP contribution in [-0.4, -0.2) is 31.4 Å². The van der Waals surface area contributed by atoms with Crippen molar-refractivity contribution in [3.63, 3.8) is 0 Å². The van der Waals surface area contributed by atoms with Gasteiger partial charge in [-0.1, -0.05) is 0 Å². The Kier molecular flexibility index (Phi) is 3.65. The first-order chi connectivity index (χ1) is 10.1. The molecule has 11 heteroatoms. The minimum Gasteiger partial charge on any atom is -0.364 e. The topological polar surface area (TPSA) is 108 Å². The molecule has 2 amide bonds. The predicted molar refractivity (Wildman–Crippen MR) is 67.9 cm³/mol.